The minimum atomic E-state index is -4.46. The van der Waals surface area contributed by atoms with Crippen LogP contribution in [0.4, 0.5) is 24.8 Å². The van der Waals surface area contributed by atoms with E-state index in [-0.39, 0.29) is 25.5 Å². The Morgan fingerprint density at radius 1 is 1.22 bits per heavy atom. The van der Waals surface area contributed by atoms with Crippen molar-refractivity contribution in [2.45, 2.75) is 33.1 Å². The number of aliphatic hydroxyl groups is 1. The second kappa shape index (κ2) is 7.32. The van der Waals surface area contributed by atoms with Crippen LogP contribution in [0.3, 0.4) is 0 Å². The van der Waals surface area contributed by atoms with E-state index in [1.807, 2.05) is 4.90 Å². The van der Waals surface area contributed by atoms with Crippen LogP contribution < -0.4 is 10.5 Å². The first-order valence-electron chi connectivity index (χ1n) is 8.58. The molecular formula is C18H21F3N4O2. The number of fused-ring (bicyclic) bond motifs is 1. The lowest BCUT2D eigenvalue weighted by atomic mass is 10.2. The number of anilines is 2. The summed E-state index contributed by atoms with van der Waals surface area (Å²) in [6, 6.07) is 4.98. The topological polar surface area (TPSA) is 61.6 Å². The molecule has 1 aliphatic heterocycles. The van der Waals surface area contributed by atoms with Gasteiger partial charge in [0.2, 0.25) is 5.95 Å². The normalized spacial score (nSPS) is 15.1. The van der Waals surface area contributed by atoms with Crippen molar-refractivity contribution in [1.29, 1.82) is 0 Å². The van der Waals surface area contributed by atoms with Crippen molar-refractivity contribution in [3.8, 4) is 0 Å². The van der Waals surface area contributed by atoms with Gasteiger partial charge >= 0.3 is 6.18 Å². The number of aromatic nitrogens is 2. The second-order valence-electron chi connectivity index (χ2n) is 6.59. The molecule has 0 amide bonds. The average molecular weight is 382 g/mol. The van der Waals surface area contributed by atoms with E-state index in [4.69, 9.17) is 5.11 Å². The molecule has 9 heteroatoms. The Labute approximate surface area is 154 Å². The van der Waals surface area contributed by atoms with Gasteiger partial charge in [-0.2, -0.15) is 13.2 Å². The molecule has 2 aromatic rings. The van der Waals surface area contributed by atoms with Gasteiger partial charge in [-0.25, -0.2) is 4.98 Å². The summed E-state index contributed by atoms with van der Waals surface area (Å²) in [4.78, 5) is 20.7. The highest BCUT2D eigenvalue weighted by atomic mass is 19.4. The Bertz CT molecular complexity index is 895. The maximum Gasteiger partial charge on any atom is 0.416 e. The standard InChI is InChI=1S/C18H21F3N4O2/c1-12-13(2)22-17-24(15-6-3-5-14(9-15)18(19,20)21)10-23(7-4-8-26)11-25(17)16(12)27/h3,5-6,9,26H,4,7-8,10-11H2,1-2H3. The first kappa shape index (κ1) is 19.4. The third kappa shape index (κ3) is 3.84. The smallest absolute Gasteiger partial charge is 0.396 e. The number of aliphatic hydroxyl groups excluding tert-OH is 1. The molecule has 0 saturated heterocycles. The van der Waals surface area contributed by atoms with Crippen LogP contribution in [0.15, 0.2) is 29.1 Å². The summed E-state index contributed by atoms with van der Waals surface area (Å²) < 4.78 is 40.8. The number of alkyl halides is 3. The molecule has 27 heavy (non-hydrogen) atoms. The third-order valence-corrected chi connectivity index (χ3v) is 4.66. The van der Waals surface area contributed by atoms with Crippen LogP contribution in [0.1, 0.15) is 23.2 Å². The minimum Gasteiger partial charge on any atom is -0.396 e. The molecule has 0 aliphatic carbocycles. The summed E-state index contributed by atoms with van der Waals surface area (Å²) in [7, 11) is 0. The first-order valence-corrected chi connectivity index (χ1v) is 8.58. The van der Waals surface area contributed by atoms with Gasteiger partial charge in [0.15, 0.2) is 0 Å². The Hall–Kier alpha value is -2.39. The quantitative estimate of drug-likeness (QED) is 0.881. The number of hydrogen-bond donors (Lipinski definition) is 1. The molecule has 3 rings (SSSR count). The number of nitrogens with zero attached hydrogens (tertiary/aromatic N) is 4. The molecule has 0 fully saturated rings. The van der Waals surface area contributed by atoms with E-state index in [0.717, 1.165) is 12.1 Å². The van der Waals surface area contributed by atoms with Gasteiger partial charge in [-0.3, -0.25) is 19.2 Å². The lowest BCUT2D eigenvalue weighted by Gasteiger charge is -2.38. The van der Waals surface area contributed by atoms with E-state index in [1.165, 1.54) is 10.6 Å². The average Bonchev–Trinajstić information content (AvgIpc) is 2.64. The molecule has 1 N–H and O–H groups in total. The molecule has 1 aromatic heterocycles. The molecule has 146 valence electrons. The zero-order valence-electron chi connectivity index (χ0n) is 15.1. The van der Waals surface area contributed by atoms with E-state index >= 15 is 0 Å². The van der Waals surface area contributed by atoms with Crippen LogP contribution in [0.5, 0.6) is 0 Å². The zero-order valence-corrected chi connectivity index (χ0v) is 15.1. The van der Waals surface area contributed by atoms with E-state index in [2.05, 4.69) is 4.98 Å². The second-order valence-corrected chi connectivity index (χ2v) is 6.59. The van der Waals surface area contributed by atoms with Crippen molar-refractivity contribution in [1.82, 2.24) is 14.5 Å². The van der Waals surface area contributed by atoms with Crippen molar-refractivity contribution in [3.63, 3.8) is 0 Å². The number of hydrogen-bond acceptors (Lipinski definition) is 5. The van der Waals surface area contributed by atoms with Gasteiger partial charge in [0.1, 0.15) is 0 Å². The van der Waals surface area contributed by atoms with Crippen LogP contribution in [-0.4, -0.2) is 39.4 Å². The Morgan fingerprint density at radius 3 is 2.63 bits per heavy atom. The predicted molar refractivity (Wildman–Crippen MR) is 94.8 cm³/mol. The molecule has 1 aromatic carbocycles. The van der Waals surface area contributed by atoms with E-state index in [9.17, 15) is 18.0 Å². The van der Waals surface area contributed by atoms with Gasteiger partial charge in [0.25, 0.3) is 5.56 Å². The molecule has 0 spiro atoms. The summed E-state index contributed by atoms with van der Waals surface area (Å²) in [5.74, 6) is 0.322. The lowest BCUT2D eigenvalue weighted by Crippen LogP contribution is -2.48. The first-order chi connectivity index (χ1) is 12.7. The van der Waals surface area contributed by atoms with Gasteiger partial charge < -0.3 is 5.11 Å². The zero-order chi connectivity index (χ0) is 19.8. The Kier molecular flexibility index (Phi) is 5.25. The number of halogens is 3. The third-order valence-electron chi connectivity index (χ3n) is 4.66. The molecular weight excluding hydrogens is 361 g/mol. The van der Waals surface area contributed by atoms with Gasteiger partial charge in [0, 0.05) is 30.1 Å². The van der Waals surface area contributed by atoms with Crippen LogP contribution >= 0.6 is 0 Å². The van der Waals surface area contributed by atoms with Gasteiger partial charge in [-0.1, -0.05) is 6.07 Å². The monoisotopic (exact) mass is 382 g/mol. The predicted octanol–water partition coefficient (Wildman–Crippen LogP) is 2.63. The van der Waals surface area contributed by atoms with Gasteiger partial charge in [-0.15, -0.1) is 0 Å². The number of aryl methyl sites for hydroxylation is 1. The van der Waals surface area contributed by atoms with Crippen molar-refractivity contribution >= 4 is 11.6 Å². The van der Waals surface area contributed by atoms with Crippen LogP contribution in [0.25, 0.3) is 0 Å². The van der Waals surface area contributed by atoms with Crippen molar-refractivity contribution < 1.29 is 18.3 Å². The molecule has 0 unspecified atom stereocenters. The molecule has 0 bridgehead atoms. The highest BCUT2D eigenvalue weighted by Crippen LogP contribution is 2.34. The van der Waals surface area contributed by atoms with E-state index in [0.29, 0.717) is 35.9 Å². The summed E-state index contributed by atoms with van der Waals surface area (Å²) in [5, 5.41) is 9.09. The molecule has 6 nitrogen and oxygen atoms in total. The van der Waals surface area contributed by atoms with Crippen LogP contribution in [0.2, 0.25) is 0 Å². The van der Waals surface area contributed by atoms with E-state index in [1.54, 1.807) is 24.8 Å². The molecule has 0 saturated carbocycles. The molecule has 0 radical (unpaired) electrons. The van der Waals surface area contributed by atoms with Crippen molar-refractivity contribution in [3.05, 3.63) is 51.4 Å². The maximum absolute atomic E-state index is 13.1. The molecule has 0 atom stereocenters. The molecule has 1 aliphatic rings. The number of rotatable bonds is 4. The summed E-state index contributed by atoms with van der Waals surface area (Å²) in [6.45, 7) is 4.44. The van der Waals surface area contributed by atoms with Crippen molar-refractivity contribution in [2.75, 3.05) is 24.7 Å². The SMILES string of the molecule is Cc1nc2n(c(=O)c1C)CN(CCCO)CN2c1cccc(C(F)(F)F)c1. The minimum absolute atomic E-state index is 0.00695. The van der Waals surface area contributed by atoms with Gasteiger partial charge in [0.05, 0.1) is 18.9 Å². The summed E-state index contributed by atoms with van der Waals surface area (Å²) in [5.41, 5.74) is 0.384. The summed E-state index contributed by atoms with van der Waals surface area (Å²) >= 11 is 0. The fraction of sp³-hybridized carbons (Fsp3) is 0.444. The highest BCUT2D eigenvalue weighted by molar-refractivity contribution is 5.59. The van der Waals surface area contributed by atoms with Gasteiger partial charge in [-0.05, 0) is 38.5 Å². The van der Waals surface area contributed by atoms with E-state index < -0.39 is 11.7 Å². The fourth-order valence-electron chi connectivity index (χ4n) is 3.07. The largest absolute Gasteiger partial charge is 0.416 e. The van der Waals surface area contributed by atoms with Crippen LogP contribution in [0, 0.1) is 13.8 Å². The fourth-order valence-corrected chi connectivity index (χ4v) is 3.07. The Morgan fingerprint density at radius 2 is 1.96 bits per heavy atom. The lowest BCUT2D eigenvalue weighted by molar-refractivity contribution is -0.137. The summed E-state index contributed by atoms with van der Waals surface area (Å²) in [6.07, 6.45) is -3.96. The van der Waals surface area contributed by atoms with Crippen LogP contribution in [-0.2, 0) is 12.8 Å². The molecule has 2 heterocycles. The van der Waals surface area contributed by atoms with Crippen molar-refractivity contribution in [2.24, 2.45) is 0 Å². The maximum atomic E-state index is 13.1. The Balaban J connectivity index is 2.11. The number of benzene rings is 1. The highest BCUT2D eigenvalue weighted by Gasteiger charge is 2.32.